The summed E-state index contributed by atoms with van der Waals surface area (Å²) in [6, 6.07) is 8.04. The molecule has 2 aromatic rings. The van der Waals surface area contributed by atoms with Gasteiger partial charge in [-0.1, -0.05) is 27.5 Å². The second-order valence-corrected chi connectivity index (χ2v) is 5.34. The van der Waals surface area contributed by atoms with Crippen LogP contribution in [0, 0.1) is 5.82 Å². The summed E-state index contributed by atoms with van der Waals surface area (Å²) in [4.78, 5) is 4.33. The number of hydrogen-bond donors (Lipinski definition) is 1. The van der Waals surface area contributed by atoms with E-state index < -0.39 is 5.82 Å². The molecule has 3 nitrogen and oxygen atoms in total. The fraction of sp³-hybridized carbons (Fsp3) is 0.214. The Labute approximate surface area is 130 Å². The zero-order chi connectivity index (χ0) is 14.5. The van der Waals surface area contributed by atoms with E-state index in [2.05, 4.69) is 26.2 Å². The first-order valence-corrected chi connectivity index (χ1v) is 7.24. The van der Waals surface area contributed by atoms with Gasteiger partial charge in [-0.15, -0.1) is 0 Å². The van der Waals surface area contributed by atoms with Crippen LogP contribution in [0.15, 0.2) is 34.8 Å². The lowest BCUT2D eigenvalue weighted by Gasteiger charge is -2.10. The Balaban J connectivity index is 2.13. The molecule has 0 atom stereocenters. The summed E-state index contributed by atoms with van der Waals surface area (Å²) < 4.78 is 19.7. The number of benzene rings is 1. The van der Waals surface area contributed by atoms with Crippen LogP contribution in [-0.4, -0.2) is 11.5 Å². The summed E-state index contributed by atoms with van der Waals surface area (Å²) in [5, 5.41) is 3.57. The summed E-state index contributed by atoms with van der Waals surface area (Å²) in [6.45, 7) is 2.84. The second-order valence-electron chi connectivity index (χ2n) is 4.02. The van der Waals surface area contributed by atoms with Crippen LogP contribution >= 0.6 is 27.5 Å². The molecule has 1 N–H and O–H groups in total. The molecule has 0 aliphatic rings. The first-order valence-electron chi connectivity index (χ1n) is 6.07. The van der Waals surface area contributed by atoms with Gasteiger partial charge in [0, 0.05) is 11.0 Å². The van der Waals surface area contributed by atoms with Gasteiger partial charge in [-0.05, 0) is 37.3 Å². The largest absolute Gasteiger partial charge is 0.484 e. The van der Waals surface area contributed by atoms with Gasteiger partial charge in [0.25, 0.3) is 0 Å². The highest BCUT2D eigenvalue weighted by Gasteiger charge is 2.08. The first-order chi connectivity index (χ1) is 9.60. The minimum absolute atomic E-state index is 0.103. The number of aromatic nitrogens is 1. The van der Waals surface area contributed by atoms with Gasteiger partial charge in [-0.25, -0.2) is 9.37 Å². The van der Waals surface area contributed by atoms with Crippen molar-refractivity contribution in [2.75, 3.05) is 11.9 Å². The monoisotopic (exact) mass is 358 g/mol. The Morgan fingerprint density at radius 3 is 2.90 bits per heavy atom. The molecule has 0 amide bonds. The lowest BCUT2D eigenvalue weighted by atomic mass is 10.3. The van der Waals surface area contributed by atoms with Gasteiger partial charge in [-0.3, -0.25) is 0 Å². The highest BCUT2D eigenvalue weighted by molar-refractivity contribution is 9.10. The Morgan fingerprint density at radius 1 is 1.35 bits per heavy atom. The fourth-order valence-electron chi connectivity index (χ4n) is 1.60. The van der Waals surface area contributed by atoms with Crippen LogP contribution in [0.25, 0.3) is 0 Å². The highest BCUT2D eigenvalue weighted by Crippen LogP contribution is 2.24. The van der Waals surface area contributed by atoms with Gasteiger partial charge < -0.3 is 10.1 Å². The molecular weight excluding hydrogens is 347 g/mol. The minimum atomic E-state index is -0.424. The van der Waals surface area contributed by atoms with Crippen LogP contribution in [0.3, 0.4) is 0 Å². The molecule has 1 aromatic heterocycles. The Hall–Kier alpha value is -1.33. The van der Waals surface area contributed by atoms with Crippen molar-refractivity contribution >= 4 is 33.3 Å². The van der Waals surface area contributed by atoms with Crippen molar-refractivity contribution in [1.82, 2.24) is 4.98 Å². The first kappa shape index (κ1) is 15.1. The van der Waals surface area contributed by atoms with E-state index in [0.29, 0.717) is 16.5 Å². The normalized spacial score (nSPS) is 10.4. The molecule has 0 saturated heterocycles. The van der Waals surface area contributed by atoms with E-state index in [1.165, 1.54) is 6.07 Å². The molecule has 1 aromatic carbocycles. The van der Waals surface area contributed by atoms with Crippen molar-refractivity contribution < 1.29 is 9.13 Å². The standard InChI is InChI=1S/C14H13BrClFN2O/c1-2-18-14-6-4-10(16)12(19-14)8-20-13-7-9(15)3-5-11(13)17/h3-7H,2,8H2,1H3,(H,18,19). The molecule has 0 fully saturated rings. The van der Waals surface area contributed by atoms with E-state index in [-0.39, 0.29) is 12.4 Å². The van der Waals surface area contributed by atoms with E-state index in [0.717, 1.165) is 11.0 Å². The zero-order valence-corrected chi connectivity index (χ0v) is 13.1. The van der Waals surface area contributed by atoms with Crippen molar-refractivity contribution in [3.05, 3.63) is 51.3 Å². The summed E-state index contributed by atoms with van der Waals surface area (Å²) in [7, 11) is 0. The van der Waals surface area contributed by atoms with Crippen LogP contribution in [0.1, 0.15) is 12.6 Å². The topological polar surface area (TPSA) is 34.1 Å². The average Bonchev–Trinajstić information content (AvgIpc) is 2.43. The van der Waals surface area contributed by atoms with Crippen molar-refractivity contribution in [2.24, 2.45) is 0 Å². The van der Waals surface area contributed by atoms with Crippen LogP contribution in [0.5, 0.6) is 5.75 Å². The molecule has 6 heteroatoms. The van der Waals surface area contributed by atoms with E-state index in [4.69, 9.17) is 16.3 Å². The van der Waals surface area contributed by atoms with E-state index in [9.17, 15) is 4.39 Å². The third-order valence-electron chi connectivity index (χ3n) is 2.53. The fourth-order valence-corrected chi connectivity index (χ4v) is 2.10. The number of hydrogen-bond acceptors (Lipinski definition) is 3. The van der Waals surface area contributed by atoms with Gasteiger partial charge in [0.05, 0.1) is 10.7 Å². The number of nitrogens with one attached hydrogen (secondary N) is 1. The van der Waals surface area contributed by atoms with Crippen molar-refractivity contribution in [2.45, 2.75) is 13.5 Å². The summed E-state index contributed by atoms with van der Waals surface area (Å²) in [5.74, 6) is 0.448. The van der Waals surface area contributed by atoms with Gasteiger partial charge >= 0.3 is 0 Å². The number of rotatable bonds is 5. The molecule has 20 heavy (non-hydrogen) atoms. The Morgan fingerprint density at radius 2 is 2.15 bits per heavy atom. The van der Waals surface area contributed by atoms with Gasteiger partial charge in [0.1, 0.15) is 12.4 Å². The molecule has 0 saturated carbocycles. The molecule has 2 rings (SSSR count). The predicted molar refractivity (Wildman–Crippen MR) is 81.8 cm³/mol. The Kier molecular flexibility index (Phi) is 5.20. The smallest absolute Gasteiger partial charge is 0.165 e. The van der Waals surface area contributed by atoms with Crippen molar-refractivity contribution in [3.63, 3.8) is 0 Å². The number of halogens is 3. The molecule has 106 valence electrons. The average molecular weight is 360 g/mol. The maximum atomic E-state index is 13.6. The summed E-state index contributed by atoms with van der Waals surface area (Å²) in [5.41, 5.74) is 0.560. The lowest BCUT2D eigenvalue weighted by molar-refractivity contribution is 0.286. The molecule has 0 radical (unpaired) electrons. The molecule has 0 bridgehead atoms. The number of pyridine rings is 1. The molecular formula is C14H13BrClFN2O. The zero-order valence-electron chi connectivity index (χ0n) is 10.8. The molecule has 0 spiro atoms. The van der Waals surface area contributed by atoms with Gasteiger partial charge in [0.2, 0.25) is 0 Å². The van der Waals surface area contributed by atoms with Gasteiger partial charge in [0.15, 0.2) is 11.6 Å². The minimum Gasteiger partial charge on any atom is -0.484 e. The van der Waals surface area contributed by atoms with E-state index in [1.807, 2.05) is 6.92 Å². The molecule has 0 aliphatic carbocycles. The number of nitrogens with zero attached hydrogens (tertiary/aromatic N) is 1. The van der Waals surface area contributed by atoms with Crippen LogP contribution in [0.2, 0.25) is 5.02 Å². The number of anilines is 1. The maximum Gasteiger partial charge on any atom is 0.165 e. The van der Waals surface area contributed by atoms with Gasteiger partial charge in [-0.2, -0.15) is 0 Å². The van der Waals surface area contributed by atoms with Crippen molar-refractivity contribution in [3.8, 4) is 5.75 Å². The quantitative estimate of drug-likeness (QED) is 0.844. The second kappa shape index (κ2) is 6.90. The third-order valence-corrected chi connectivity index (χ3v) is 3.37. The highest BCUT2D eigenvalue weighted by atomic mass is 79.9. The summed E-state index contributed by atoms with van der Waals surface area (Å²) in [6.07, 6.45) is 0. The maximum absolute atomic E-state index is 13.6. The van der Waals surface area contributed by atoms with E-state index >= 15 is 0 Å². The SMILES string of the molecule is CCNc1ccc(Cl)c(COc2cc(Br)ccc2F)n1. The summed E-state index contributed by atoms with van der Waals surface area (Å²) >= 11 is 9.33. The lowest BCUT2D eigenvalue weighted by Crippen LogP contribution is -2.05. The van der Waals surface area contributed by atoms with Crippen molar-refractivity contribution in [1.29, 1.82) is 0 Å². The molecule has 1 heterocycles. The number of ether oxygens (including phenoxy) is 1. The van der Waals surface area contributed by atoms with Crippen LogP contribution in [0.4, 0.5) is 10.2 Å². The predicted octanol–water partition coefficient (Wildman–Crippen LogP) is 4.65. The molecule has 0 unspecified atom stereocenters. The van der Waals surface area contributed by atoms with Crippen LogP contribution in [-0.2, 0) is 6.61 Å². The molecule has 0 aliphatic heterocycles. The van der Waals surface area contributed by atoms with E-state index in [1.54, 1.807) is 24.3 Å². The van der Waals surface area contributed by atoms with Crippen LogP contribution < -0.4 is 10.1 Å². The Bertz CT molecular complexity index is 610. The third kappa shape index (κ3) is 3.84.